The van der Waals surface area contributed by atoms with Gasteiger partial charge in [0.2, 0.25) is 0 Å². The zero-order chi connectivity index (χ0) is 19.8. The fourth-order valence-corrected chi connectivity index (χ4v) is 3.55. The van der Waals surface area contributed by atoms with Gasteiger partial charge in [0.15, 0.2) is 10.8 Å². The summed E-state index contributed by atoms with van der Waals surface area (Å²) < 4.78 is 39.3. The Morgan fingerprint density at radius 2 is 2.00 bits per heavy atom. The third-order valence-electron chi connectivity index (χ3n) is 3.59. The van der Waals surface area contributed by atoms with Crippen molar-refractivity contribution in [1.29, 1.82) is 0 Å². The number of rotatable bonds is 4. The molecule has 0 fully saturated rings. The Kier molecular flexibility index (Phi) is 5.45. The molecule has 0 aliphatic carbocycles. The van der Waals surface area contributed by atoms with E-state index in [0.29, 0.717) is 22.1 Å². The van der Waals surface area contributed by atoms with Gasteiger partial charge in [-0.3, -0.25) is 10.1 Å². The minimum atomic E-state index is -4.58. The van der Waals surface area contributed by atoms with Crippen LogP contribution in [0.5, 0.6) is 0 Å². The molecule has 1 amide bonds. The van der Waals surface area contributed by atoms with E-state index in [1.54, 1.807) is 31.2 Å². The number of thiazole rings is 1. The molecular formula is C16H11Cl2F3N4OS. The molecule has 0 bridgehead atoms. The summed E-state index contributed by atoms with van der Waals surface area (Å²) in [5, 5.41) is 7.77. The summed E-state index contributed by atoms with van der Waals surface area (Å²) in [5.41, 5.74) is 0.0786. The number of carbonyl (C=O) groups excluding carboxylic acids is 1. The largest absolute Gasteiger partial charge is 0.434 e. The highest BCUT2D eigenvalue weighted by molar-refractivity contribution is 7.14. The molecule has 1 aromatic carbocycles. The summed E-state index contributed by atoms with van der Waals surface area (Å²) in [4.78, 5) is 15.8. The van der Waals surface area contributed by atoms with Crippen LogP contribution >= 0.6 is 34.5 Å². The Labute approximate surface area is 165 Å². The number of nitrogens with one attached hydrogen (secondary N) is 1. The highest BCUT2D eigenvalue weighted by Crippen LogP contribution is 2.32. The molecule has 0 unspecified atom stereocenters. The molecule has 0 spiro atoms. The van der Waals surface area contributed by atoms with Gasteiger partial charge >= 0.3 is 6.18 Å². The number of halogens is 5. The first-order valence-electron chi connectivity index (χ1n) is 7.47. The van der Waals surface area contributed by atoms with Gasteiger partial charge in [-0.05, 0) is 18.6 Å². The highest BCUT2D eigenvalue weighted by Gasteiger charge is 2.34. The van der Waals surface area contributed by atoms with Crippen LogP contribution in [0, 0.1) is 6.92 Å². The lowest BCUT2D eigenvalue weighted by atomic mass is 10.2. The van der Waals surface area contributed by atoms with E-state index >= 15 is 0 Å². The summed E-state index contributed by atoms with van der Waals surface area (Å²) in [6.07, 6.45) is -4.58. The second-order valence-electron chi connectivity index (χ2n) is 5.49. The van der Waals surface area contributed by atoms with Gasteiger partial charge in [0, 0.05) is 10.4 Å². The number of nitrogens with zero attached hydrogens (tertiary/aromatic N) is 3. The van der Waals surface area contributed by atoms with Gasteiger partial charge in [-0.2, -0.15) is 18.3 Å². The third kappa shape index (κ3) is 4.26. The number of aromatic nitrogens is 3. The Morgan fingerprint density at radius 3 is 2.63 bits per heavy atom. The van der Waals surface area contributed by atoms with Crippen LogP contribution < -0.4 is 5.32 Å². The Balaban J connectivity index is 1.82. The van der Waals surface area contributed by atoms with E-state index < -0.39 is 17.8 Å². The van der Waals surface area contributed by atoms with Crippen LogP contribution in [0.25, 0.3) is 0 Å². The van der Waals surface area contributed by atoms with E-state index in [1.807, 2.05) is 0 Å². The van der Waals surface area contributed by atoms with Crippen LogP contribution in [0.15, 0.2) is 29.6 Å². The number of hydrogen-bond donors (Lipinski definition) is 1. The minimum Gasteiger partial charge on any atom is -0.298 e. The number of aryl methyl sites for hydroxylation is 1. The van der Waals surface area contributed by atoms with Crippen molar-refractivity contribution in [2.75, 3.05) is 5.32 Å². The molecule has 0 saturated carbocycles. The standard InChI is InChI=1S/C16H11Cl2F3N4OS/c1-8-12(14(26)23-15-22-11(7-27-15)16(19,20)21)13(18)25(24-8)6-9-4-2-3-5-10(9)17/h2-5,7H,6H2,1H3,(H,22,23,26). The van der Waals surface area contributed by atoms with Gasteiger partial charge in [0.05, 0.1) is 17.8 Å². The molecule has 1 N–H and O–H groups in total. The maximum atomic E-state index is 12.6. The van der Waals surface area contributed by atoms with Gasteiger partial charge < -0.3 is 0 Å². The first kappa shape index (κ1) is 19.7. The zero-order valence-electron chi connectivity index (χ0n) is 13.6. The molecule has 2 heterocycles. The highest BCUT2D eigenvalue weighted by atomic mass is 35.5. The van der Waals surface area contributed by atoms with Gasteiger partial charge in [0.1, 0.15) is 5.15 Å². The van der Waals surface area contributed by atoms with Crippen molar-refractivity contribution in [3.63, 3.8) is 0 Å². The molecule has 142 valence electrons. The van der Waals surface area contributed by atoms with Crippen molar-refractivity contribution in [1.82, 2.24) is 14.8 Å². The molecule has 3 rings (SSSR count). The van der Waals surface area contributed by atoms with E-state index in [-0.39, 0.29) is 22.4 Å². The Morgan fingerprint density at radius 1 is 1.30 bits per heavy atom. The van der Waals surface area contributed by atoms with Crippen LogP contribution in [-0.2, 0) is 12.7 Å². The summed E-state index contributed by atoms with van der Waals surface area (Å²) in [6, 6.07) is 7.10. The average molecular weight is 435 g/mol. The van der Waals surface area contributed by atoms with Crippen LogP contribution in [0.1, 0.15) is 27.3 Å². The van der Waals surface area contributed by atoms with Crippen molar-refractivity contribution in [2.24, 2.45) is 0 Å². The van der Waals surface area contributed by atoms with Gasteiger partial charge in [-0.15, -0.1) is 11.3 Å². The number of benzene rings is 1. The van der Waals surface area contributed by atoms with Crippen LogP contribution in [-0.4, -0.2) is 20.7 Å². The van der Waals surface area contributed by atoms with Gasteiger partial charge in [-0.1, -0.05) is 41.4 Å². The monoisotopic (exact) mass is 434 g/mol. The summed E-state index contributed by atoms with van der Waals surface area (Å²) in [6.45, 7) is 1.81. The molecule has 0 saturated heterocycles. The quantitative estimate of drug-likeness (QED) is 0.607. The van der Waals surface area contributed by atoms with Gasteiger partial charge in [-0.25, -0.2) is 9.67 Å². The summed E-state index contributed by atoms with van der Waals surface area (Å²) in [5.74, 6) is -0.689. The molecule has 11 heteroatoms. The smallest absolute Gasteiger partial charge is 0.298 e. The van der Waals surface area contributed by atoms with Gasteiger partial charge in [0.25, 0.3) is 5.91 Å². The zero-order valence-corrected chi connectivity index (χ0v) is 16.0. The predicted molar refractivity (Wildman–Crippen MR) is 97.6 cm³/mol. The molecule has 0 aliphatic heterocycles. The second kappa shape index (κ2) is 7.49. The van der Waals surface area contributed by atoms with E-state index in [4.69, 9.17) is 23.2 Å². The van der Waals surface area contributed by atoms with E-state index in [9.17, 15) is 18.0 Å². The number of alkyl halides is 3. The summed E-state index contributed by atoms with van der Waals surface area (Å²) >= 11 is 13.1. The van der Waals surface area contributed by atoms with Crippen molar-refractivity contribution in [3.8, 4) is 0 Å². The summed E-state index contributed by atoms with van der Waals surface area (Å²) in [7, 11) is 0. The Hall–Kier alpha value is -2.10. The van der Waals surface area contributed by atoms with Crippen molar-refractivity contribution in [2.45, 2.75) is 19.6 Å². The maximum Gasteiger partial charge on any atom is 0.434 e. The molecule has 0 aliphatic rings. The molecular weight excluding hydrogens is 424 g/mol. The van der Waals surface area contributed by atoms with Crippen LogP contribution in [0.3, 0.4) is 0 Å². The topological polar surface area (TPSA) is 59.8 Å². The van der Waals surface area contributed by atoms with Crippen molar-refractivity contribution >= 4 is 45.6 Å². The number of anilines is 1. The first-order chi connectivity index (χ1) is 12.7. The average Bonchev–Trinajstić information content (AvgIpc) is 3.14. The second-order valence-corrected chi connectivity index (χ2v) is 7.11. The molecule has 3 aromatic rings. The van der Waals surface area contributed by atoms with E-state index in [1.165, 1.54) is 4.68 Å². The van der Waals surface area contributed by atoms with E-state index in [2.05, 4.69) is 15.4 Å². The van der Waals surface area contributed by atoms with E-state index in [0.717, 1.165) is 10.9 Å². The Bertz CT molecular complexity index is 1000. The van der Waals surface area contributed by atoms with Crippen LogP contribution in [0.4, 0.5) is 18.3 Å². The fraction of sp³-hybridized carbons (Fsp3) is 0.188. The first-order valence-corrected chi connectivity index (χ1v) is 9.10. The lowest BCUT2D eigenvalue weighted by Gasteiger charge is -2.06. The van der Waals surface area contributed by atoms with Crippen molar-refractivity contribution < 1.29 is 18.0 Å². The lowest BCUT2D eigenvalue weighted by molar-refractivity contribution is -0.140. The van der Waals surface area contributed by atoms with Crippen LogP contribution in [0.2, 0.25) is 10.2 Å². The molecule has 5 nitrogen and oxygen atoms in total. The molecule has 27 heavy (non-hydrogen) atoms. The maximum absolute atomic E-state index is 12.6. The predicted octanol–water partition coefficient (Wildman–Crippen LogP) is 5.27. The minimum absolute atomic E-state index is 0.0533. The number of hydrogen-bond acceptors (Lipinski definition) is 4. The SMILES string of the molecule is Cc1nn(Cc2ccccc2Cl)c(Cl)c1C(=O)Nc1nc(C(F)(F)F)cs1. The lowest BCUT2D eigenvalue weighted by Crippen LogP contribution is -2.14. The molecule has 2 aromatic heterocycles. The molecule has 0 atom stereocenters. The number of carbonyl (C=O) groups is 1. The third-order valence-corrected chi connectivity index (χ3v) is 5.10. The fourth-order valence-electron chi connectivity index (χ4n) is 2.32. The normalized spacial score (nSPS) is 11.6. The number of amides is 1. The van der Waals surface area contributed by atoms with Crippen molar-refractivity contribution in [3.05, 3.63) is 62.3 Å². The molecule has 0 radical (unpaired) electrons.